The van der Waals surface area contributed by atoms with Gasteiger partial charge in [-0.15, -0.1) is 0 Å². The molecule has 1 atom stereocenters. The third kappa shape index (κ3) is 5.14. The topological polar surface area (TPSA) is 58.6 Å². The minimum atomic E-state index is -0.109. The maximum atomic E-state index is 13.4. The molecule has 5 heteroatoms. The van der Waals surface area contributed by atoms with Gasteiger partial charge < -0.3 is 15.0 Å². The molecule has 2 aliphatic heterocycles. The summed E-state index contributed by atoms with van der Waals surface area (Å²) in [6, 6.07) is 6.46. The van der Waals surface area contributed by atoms with E-state index in [9.17, 15) is 9.59 Å². The predicted molar refractivity (Wildman–Crippen MR) is 133 cm³/mol. The number of hydrogen-bond acceptors (Lipinski definition) is 4. The fourth-order valence-electron chi connectivity index (χ4n) is 5.35. The first kappa shape index (κ1) is 23.5. The molecule has 1 aromatic carbocycles. The summed E-state index contributed by atoms with van der Waals surface area (Å²) in [4.78, 5) is 28.6. The van der Waals surface area contributed by atoms with Gasteiger partial charge in [0.25, 0.3) is 5.91 Å². The zero-order chi connectivity index (χ0) is 23.4. The number of rotatable bonds is 3. The maximum Gasteiger partial charge on any atom is 0.251 e. The number of ketones is 1. The number of nitrogens with one attached hydrogen (secondary N) is 1. The molecule has 1 amide bonds. The van der Waals surface area contributed by atoms with Crippen LogP contribution in [0.25, 0.3) is 0 Å². The van der Waals surface area contributed by atoms with Gasteiger partial charge in [0.15, 0.2) is 5.78 Å². The van der Waals surface area contributed by atoms with Gasteiger partial charge in [-0.25, -0.2) is 0 Å². The Morgan fingerprint density at radius 3 is 2.70 bits per heavy atom. The largest absolute Gasteiger partial charge is 0.381 e. The number of nitrogens with zero attached hydrogens (tertiary/aromatic N) is 1. The van der Waals surface area contributed by atoms with Crippen molar-refractivity contribution in [2.24, 2.45) is 5.92 Å². The summed E-state index contributed by atoms with van der Waals surface area (Å²) >= 11 is 0. The van der Waals surface area contributed by atoms with E-state index in [0.29, 0.717) is 24.4 Å². The summed E-state index contributed by atoms with van der Waals surface area (Å²) in [5, 5.41) is 3.08. The van der Waals surface area contributed by atoms with Crippen LogP contribution in [-0.4, -0.2) is 44.0 Å². The SMILES string of the molecule is CCN(c1cccc2c1C/C=C/CC(C)C1=C(CNC2=O)C(=O)CC(C)=C1)C1CCOCC1. The lowest BCUT2D eigenvalue weighted by atomic mass is 9.83. The molecule has 0 radical (unpaired) electrons. The number of carbonyl (C=O) groups is 2. The van der Waals surface area contributed by atoms with E-state index in [1.165, 1.54) is 0 Å². The van der Waals surface area contributed by atoms with E-state index >= 15 is 0 Å². The van der Waals surface area contributed by atoms with E-state index in [0.717, 1.165) is 67.0 Å². The van der Waals surface area contributed by atoms with Gasteiger partial charge in [-0.3, -0.25) is 9.59 Å². The highest BCUT2D eigenvalue weighted by Gasteiger charge is 2.26. The third-order valence-electron chi connectivity index (χ3n) is 7.14. The van der Waals surface area contributed by atoms with Crippen LogP contribution in [0.15, 0.2) is 53.1 Å². The molecule has 0 saturated carbocycles. The molecule has 1 aromatic rings. The van der Waals surface area contributed by atoms with E-state index in [-0.39, 0.29) is 24.2 Å². The molecule has 0 bridgehead atoms. The molecular weight excluding hydrogens is 412 g/mol. The van der Waals surface area contributed by atoms with Crippen molar-refractivity contribution in [2.75, 3.05) is 31.2 Å². The summed E-state index contributed by atoms with van der Waals surface area (Å²) in [5.74, 6) is 0.252. The van der Waals surface area contributed by atoms with E-state index in [4.69, 9.17) is 4.74 Å². The van der Waals surface area contributed by atoms with Crippen molar-refractivity contribution in [1.29, 1.82) is 0 Å². The Bertz CT molecular complexity index is 998. The smallest absolute Gasteiger partial charge is 0.251 e. The van der Waals surface area contributed by atoms with Crippen molar-refractivity contribution in [3.8, 4) is 0 Å². The number of carbonyl (C=O) groups excluding carboxylic acids is 2. The van der Waals surface area contributed by atoms with Crippen molar-refractivity contribution in [1.82, 2.24) is 5.32 Å². The van der Waals surface area contributed by atoms with Crippen LogP contribution in [-0.2, 0) is 16.0 Å². The van der Waals surface area contributed by atoms with Gasteiger partial charge in [-0.05, 0) is 68.7 Å². The van der Waals surface area contributed by atoms with E-state index in [1.54, 1.807) is 0 Å². The molecule has 1 fully saturated rings. The van der Waals surface area contributed by atoms with Gasteiger partial charge in [0, 0.05) is 55.6 Å². The number of amides is 1. The number of hydrogen-bond donors (Lipinski definition) is 1. The minimum Gasteiger partial charge on any atom is -0.381 e. The Labute approximate surface area is 197 Å². The van der Waals surface area contributed by atoms with Crippen LogP contribution in [0, 0.1) is 5.92 Å². The van der Waals surface area contributed by atoms with Gasteiger partial charge in [0.1, 0.15) is 0 Å². The lowest BCUT2D eigenvalue weighted by molar-refractivity contribution is -0.115. The van der Waals surface area contributed by atoms with Gasteiger partial charge in [0.2, 0.25) is 0 Å². The molecule has 3 aliphatic rings. The standard InChI is InChI=1S/C28H36N2O3/c1-4-30(21-12-14-33-15-13-21)26-11-7-10-23-22(26)9-6-5-8-20(3)24-16-19(2)17-27(31)25(24)18-29-28(23)32/h5-7,10-11,16,20-21H,4,8-9,12-15,17-18H2,1-3H3,(H,29,32)/b6-5+. The highest BCUT2D eigenvalue weighted by molar-refractivity contribution is 6.02. The number of allylic oxidation sites excluding steroid dienone is 5. The first-order valence-electron chi connectivity index (χ1n) is 12.3. The molecule has 1 aliphatic carbocycles. The van der Waals surface area contributed by atoms with Crippen molar-refractivity contribution in [3.05, 3.63) is 64.3 Å². The van der Waals surface area contributed by atoms with Crippen LogP contribution in [0.2, 0.25) is 0 Å². The van der Waals surface area contributed by atoms with E-state index in [1.807, 2.05) is 19.1 Å². The van der Waals surface area contributed by atoms with Gasteiger partial charge >= 0.3 is 0 Å². The molecular formula is C28H36N2O3. The molecule has 2 heterocycles. The second-order valence-electron chi connectivity index (χ2n) is 9.45. The van der Waals surface area contributed by atoms with Crippen LogP contribution in [0.3, 0.4) is 0 Å². The average Bonchev–Trinajstić information content (AvgIpc) is 2.81. The molecule has 33 heavy (non-hydrogen) atoms. The summed E-state index contributed by atoms with van der Waals surface area (Å²) < 4.78 is 5.58. The van der Waals surface area contributed by atoms with Crippen LogP contribution >= 0.6 is 0 Å². The van der Waals surface area contributed by atoms with Crippen LogP contribution in [0.1, 0.15) is 62.4 Å². The normalized spacial score (nSPS) is 23.5. The summed E-state index contributed by atoms with van der Waals surface area (Å²) in [7, 11) is 0. The molecule has 1 unspecified atom stereocenters. The summed E-state index contributed by atoms with van der Waals surface area (Å²) in [6.45, 7) is 9.10. The number of fused-ring (bicyclic) bond motifs is 1. The van der Waals surface area contributed by atoms with Crippen molar-refractivity contribution in [3.63, 3.8) is 0 Å². The van der Waals surface area contributed by atoms with Crippen LogP contribution in [0.4, 0.5) is 5.69 Å². The molecule has 5 nitrogen and oxygen atoms in total. The Balaban J connectivity index is 1.71. The first-order chi connectivity index (χ1) is 16.0. The summed E-state index contributed by atoms with van der Waals surface area (Å²) in [6.07, 6.45) is 10.6. The molecule has 176 valence electrons. The maximum absolute atomic E-state index is 13.4. The second-order valence-corrected chi connectivity index (χ2v) is 9.45. The monoisotopic (exact) mass is 448 g/mol. The number of Topliss-reactive ketones (excluding diaryl/α,β-unsaturated/α-hetero) is 1. The Morgan fingerprint density at radius 1 is 1.15 bits per heavy atom. The quantitative estimate of drug-likeness (QED) is 0.677. The fourth-order valence-corrected chi connectivity index (χ4v) is 5.35. The molecule has 4 rings (SSSR count). The average molecular weight is 449 g/mol. The minimum absolute atomic E-state index is 0.109. The highest BCUT2D eigenvalue weighted by atomic mass is 16.5. The van der Waals surface area contributed by atoms with Gasteiger partial charge in [0.05, 0.1) is 0 Å². The first-order valence-corrected chi connectivity index (χ1v) is 12.3. The number of benzene rings is 1. The molecule has 0 aromatic heterocycles. The van der Waals surface area contributed by atoms with Crippen molar-refractivity contribution in [2.45, 2.75) is 58.9 Å². The lowest BCUT2D eigenvalue weighted by Crippen LogP contribution is -2.40. The predicted octanol–water partition coefficient (Wildman–Crippen LogP) is 4.78. The Hall–Kier alpha value is -2.66. The van der Waals surface area contributed by atoms with E-state index < -0.39 is 0 Å². The number of ether oxygens (including phenoxy) is 1. The Morgan fingerprint density at radius 2 is 1.94 bits per heavy atom. The third-order valence-corrected chi connectivity index (χ3v) is 7.14. The van der Waals surface area contributed by atoms with Gasteiger partial charge in [-0.1, -0.05) is 36.8 Å². The van der Waals surface area contributed by atoms with Crippen molar-refractivity contribution >= 4 is 17.4 Å². The molecule has 1 saturated heterocycles. The lowest BCUT2D eigenvalue weighted by Gasteiger charge is -2.37. The van der Waals surface area contributed by atoms with Crippen molar-refractivity contribution < 1.29 is 14.3 Å². The Kier molecular flexibility index (Phi) is 7.49. The van der Waals surface area contributed by atoms with Crippen LogP contribution < -0.4 is 10.2 Å². The van der Waals surface area contributed by atoms with E-state index in [2.05, 4.69) is 48.4 Å². The summed E-state index contributed by atoms with van der Waals surface area (Å²) in [5.41, 5.74) is 5.82. The fraction of sp³-hybridized carbons (Fsp3) is 0.500. The highest BCUT2D eigenvalue weighted by Crippen LogP contribution is 2.32. The zero-order valence-corrected chi connectivity index (χ0v) is 20.2. The van der Waals surface area contributed by atoms with Gasteiger partial charge in [-0.2, -0.15) is 0 Å². The second kappa shape index (κ2) is 10.5. The van der Waals surface area contributed by atoms with Crippen LogP contribution in [0.5, 0.6) is 0 Å². The molecule has 1 N–H and O–H groups in total. The number of anilines is 1. The molecule has 0 spiro atoms. The zero-order valence-electron chi connectivity index (χ0n) is 20.2.